The summed E-state index contributed by atoms with van der Waals surface area (Å²) in [5.74, 6) is 0.145. The Hall–Kier alpha value is -0.610. The first-order valence-electron chi connectivity index (χ1n) is 5.31. The van der Waals surface area contributed by atoms with Crippen molar-refractivity contribution in [3.8, 4) is 0 Å². The van der Waals surface area contributed by atoms with Crippen LogP contribution in [-0.2, 0) is 9.53 Å². The molecular formula is C10H17NO3. The monoisotopic (exact) mass is 199 g/mol. The van der Waals surface area contributed by atoms with Gasteiger partial charge in [0.25, 0.3) is 0 Å². The highest BCUT2D eigenvalue weighted by Crippen LogP contribution is 2.28. The normalized spacial score (nSPS) is 29.0. The molecule has 0 aromatic heterocycles. The van der Waals surface area contributed by atoms with Gasteiger partial charge in [0.2, 0.25) is 0 Å². The Morgan fingerprint density at radius 1 is 1.50 bits per heavy atom. The second-order valence-electron chi connectivity index (χ2n) is 4.29. The number of carboxylic acid groups (broad SMARTS) is 1. The van der Waals surface area contributed by atoms with Crippen molar-refractivity contribution in [3.05, 3.63) is 0 Å². The molecule has 0 bridgehead atoms. The molecule has 2 atom stereocenters. The van der Waals surface area contributed by atoms with Crippen LogP contribution in [0.2, 0.25) is 0 Å². The van der Waals surface area contributed by atoms with E-state index in [1.165, 1.54) is 12.8 Å². The first kappa shape index (κ1) is 9.93. The average molecular weight is 199 g/mol. The number of carboxylic acids is 1. The van der Waals surface area contributed by atoms with Gasteiger partial charge in [0.15, 0.2) is 0 Å². The fraction of sp³-hybridized carbons (Fsp3) is 0.900. The molecule has 0 amide bonds. The maximum absolute atomic E-state index is 11.0. The van der Waals surface area contributed by atoms with E-state index in [1.807, 2.05) is 0 Å². The first-order chi connectivity index (χ1) is 6.77. The third-order valence-corrected chi connectivity index (χ3v) is 3.03. The smallest absolute Gasteiger partial charge is 0.321 e. The molecule has 0 spiro atoms. The molecule has 80 valence electrons. The van der Waals surface area contributed by atoms with E-state index in [0.717, 1.165) is 18.9 Å². The fourth-order valence-corrected chi connectivity index (χ4v) is 1.89. The molecular weight excluding hydrogens is 182 g/mol. The lowest BCUT2D eigenvalue weighted by molar-refractivity contribution is -0.141. The largest absolute Gasteiger partial charge is 0.480 e. The molecule has 2 aliphatic rings. The van der Waals surface area contributed by atoms with Gasteiger partial charge in [0.1, 0.15) is 6.04 Å². The zero-order valence-electron chi connectivity index (χ0n) is 8.24. The molecule has 0 aromatic rings. The highest BCUT2D eigenvalue weighted by Gasteiger charge is 2.32. The van der Waals surface area contributed by atoms with Crippen molar-refractivity contribution in [3.63, 3.8) is 0 Å². The SMILES string of the molecule is O=C(O)C(NCC1CC1)C1CCOC1. The summed E-state index contributed by atoms with van der Waals surface area (Å²) in [4.78, 5) is 11.0. The molecule has 1 heterocycles. The summed E-state index contributed by atoms with van der Waals surface area (Å²) in [5.41, 5.74) is 0. The zero-order chi connectivity index (χ0) is 9.97. The minimum Gasteiger partial charge on any atom is -0.480 e. The topological polar surface area (TPSA) is 58.6 Å². The number of aliphatic carboxylic acids is 1. The molecule has 4 nitrogen and oxygen atoms in total. The van der Waals surface area contributed by atoms with E-state index in [0.29, 0.717) is 13.2 Å². The van der Waals surface area contributed by atoms with Crippen molar-refractivity contribution in [1.82, 2.24) is 5.32 Å². The first-order valence-corrected chi connectivity index (χ1v) is 5.31. The Morgan fingerprint density at radius 3 is 2.79 bits per heavy atom. The molecule has 0 aromatic carbocycles. The Labute approximate surface area is 83.6 Å². The van der Waals surface area contributed by atoms with Crippen LogP contribution in [0.15, 0.2) is 0 Å². The predicted octanol–water partition coefficient (Wildman–Crippen LogP) is 0.476. The van der Waals surface area contributed by atoms with Gasteiger partial charge in [-0.1, -0.05) is 0 Å². The highest BCUT2D eigenvalue weighted by molar-refractivity contribution is 5.73. The molecule has 1 aliphatic heterocycles. The minimum atomic E-state index is -0.735. The summed E-state index contributed by atoms with van der Waals surface area (Å²) in [6, 6.07) is -0.405. The number of rotatable bonds is 5. The van der Waals surface area contributed by atoms with E-state index in [1.54, 1.807) is 0 Å². The van der Waals surface area contributed by atoms with E-state index in [9.17, 15) is 4.79 Å². The summed E-state index contributed by atoms with van der Waals surface area (Å²) in [5, 5.41) is 12.2. The summed E-state index contributed by atoms with van der Waals surface area (Å²) in [7, 11) is 0. The maximum atomic E-state index is 11.0. The summed E-state index contributed by atoms with van der Waals surface area (Å²) in [6.07, 6.45) is 3.37. The van der Waals surface area contributed by atoms with Gasteiger partial charge in [0, 0.05) is 12.5 Å². The van der Waals surface area contributed by atoms with Crippen LogP contribution < -0.4 is 5.32 Å². The lowest BCUT2D eigenvalue weighted by atomic mass is 9.99. The third kappa shape index (κ3) is 2.45. The predicted molar refractivity (Wildman–Crippen MR) is 51.1 cm³/mol. The number of ether oxygens (including phenoxy) is 1. The molecule has 14 heavy (non-hydrogen) atoms. The van der Waals surface area contributed by atoms with E-state index in [-0.39, 0.29) is 5.92 Å². The van der Waals surface area contributed by atoms with E-state index >= 15 is 0 Å². The second-order valence-corrected chi connectivity index (χ2v) is 4.29. The van der Waals surface area contributed by atoms with Crippen LogP contribution in [0.25, 0.3) is 0 Å². The molecule has 2 unspecified atom stereocenters. The zero-order valence-corrected chi connectivity index (χ0v) is 8.24. The molecule has 1 saturated carbocycles. The Kier molecular flexibility index (Phi) is 3.03. The quantitative estimate of drug-likeness (QED) is 0.676. The molecule has 2 fully saturated rings. The van der Waals surface area contributed by atoms with Crippen LogP contribution in [0.4, 0.5) is 0 Å². The average Bonchev–Trinajstić information content (AvgIpc) is 2.80. The summed E-state index contributed by atoms with van der Waals surface area (Å²) < 4.78 is 5.21. The van der Waals surface area contributed by atoms with Crippen molar-refractivity contribution in [1.29, 1.82) is 0 Å². The van der Waals surface area contributed by atoms with Crippen LogP contribution in [0.3, 0.4) is 0 Å². The lowest BCUT2D eigenvalue weighted by Crippen LogP contribution is -2.44. The maximum Gasteiger partial charge on any atom is 0.321 e. The van der Waals surface area contributed by atoms with Crippen molar-refractivity contribution >= 4 is 5.97 Å². The Morgan fingerprint density at radius 2 is 2.29 bits per heavy atom. The summed E-state index contributed by atoms with van der Waals surface area (Å²) >= 11 is 0. The van der Waals surface area contributed by atoms with E-state index in [2.05, 4.69) is 5.32 Å². The van der Waals surface area contributed by atoms with Gasteiger partial charge in [-0.25, -0.2) is 0 Å². The lowest BCUT2D eigenvalue weighted by Gasteiger charge is -2.19. The number of hydrogen-bond donors (Lipinski definition) is 2. The molecule has 4 heteroatoms. The van der Waals surface area contributed by atoms with Crippen LogP contribution in [0, 0.1) is 11.8 Å². The van der Waals surface area contributed by atoms with Crippen LogP contribution >= 0.6 is 0 Å². The van der Waals surface area contributed by atoms with Crippen LogP contribution in [-0.4, -0.2) is 36.9 Å². The highest BCUT2D eigenvalue weighted by atomic mass is 16.5. The van der Waals surface area contributed by atoms with E-state index < -0.39 is 12.0 Å². The molecule has 0 radical (unpaired) electrons. The second kappa shape index (κ2) is 4.28. The van der Waals surface area contributed by atoms with Crippen molar-refractivity contribution < 1.29 is 14.6 Å². The van der Waals surface area contributed by atoms with Gasteiger partial charge in [-0.2, -0.15) is 0 Å². The van der Waals surface area contributed by atoms with Gasteiger partial charge >= 0.3 is 5.97 Å². The van der Waals surface area contributed by atoms with Gasteiger partial charge in [-0.05, 0) is 31.7 Å². The van der Waals surface area contributed by atoms with Gasteiger partial charge in [-0.15, -0.1) is 0 Å². The van der Waals surface area contributed by atoms with Crippen LogP contribution in [0.5, 0.6) is 0 Å². The molecule has 1 saturated heterocycles. The minimum absolute atomic E-state index is 0.159. The van der Waals surface area contributed by atoms with Gasteiger partial charge in [-0.3, -0.25) is 4.79 Å². The van der Waals surface area contributed by atoms with Gasteiger partial charge < -0.3 is 15.2 Å². The molecule has 2 N–H and O–H groups in total. The number of nitrogens with one attached hydrogen (secondary N) is 1. The fourth-order valence-electron chi connectivity index (χ4n) is 1.89. The number of hydrogen-bond acceptors (Lipinski definition) is 3. The molecule has 2 rings (SSSR count). The van der Waals surface area contributed by atoms with Crippen molar-refractivity contribution in [2.24, 2.45) is 11.8 Å². The Bertz CT molecular complexity index is 209. The van der Waals surface area contributed by atoms with Crippen molar-refractivity contribution in [2.45, 2.75) is 25.3 Å². The number of carbonyl (C=O) groups is 1. The van der Waals surface area contributed by atoms with Gasteiger partial charge in [0.05, 0.1) is 6.61 Å². The summed E-state index contributed by atoms with van der Waals surface area (Å²) in [6.45, 7) is 2.15. The third-order valence-electron chi connectivity index (χ3n) is 3.03. The standard InChI is InChI=1S/C10H17NO3/c12-10(13)9(8-3-4-14-6-8)11-5-7-1-2-7/h7-9,11H,1-6H2,(H,12,13). The van der Waals surface area contributed by atoms with Crippen LogP contribution in [0.1, 0.15) is 19.3 Å². The Balaban J connectivity index is 1.81. The van der Waals surface area contributed by atoms with E-state index in [4.69, 9.17) is 9.84 Å². The molecule has 1 aliphatic carbocycles. The van der Waals surface area contributed by atoms with Crippen molar-refractivity contribution in [2.75, 3.05) is 19.8 Å².